The number of hydrogen-bond acceptors (Lipinski definition) is 4. The number of ether oxygens (including phenoxy) is 1. The van der Waals surface area contributed by atoms with Gasteiger partial charge in [0.25, 0.3) is 0 Å². The van der Waals surface area contributed by atoms with Gasteiger partial charge in [-0.1, -0.05) is 0 Å². The highest BCUT2D eigenvalue weighted by Gasteiger charge is 2.18. The molecular weight excluding hydrogens is 228 g/mol. The molecule has 0 aromatic heterocycles. The van der Waals surface area contributed by atoms with E-state index in [0.29, 0.717) is 31.2 Å². The molecule has 0 spiro atoms. The molecule has 1 saturated heterocycles. The number of rotatable bonds is 6. The molecule has 1 aliphatic heterocycles. The SMILES string of the molecule is COCCNCC(=O)NC1CCS(=O)CC1. The van der Waals surface area contributed by atoms with Crippen LogP contribution in [0, 0.1) is 0 Å². The molecule has 0 atom stereocenters. The van der Waals surface area contributed by atoms with Crippen LogP contribution in [-0.4, -0.2) is 54.5 Å². The number of carbonyl (C=O) groups is 1. The molecule has 2 N–H and O–H groups in total. The standard InChI is InChI=1S/C10H20N2O3S/c1-15-5-4-11-8-10(13)12-9-2-6-16(14)7-3-9/h9,11H,2-8H2,1H3,(H,12,13). The summed E-state index contributed by atoms with van der Waals surface area (Å²) in [5.41, 5.74) is 0. The van der Waals surface area contributed by atoms with Crippen molar-refractivity contribution in [3.8, 4) is 0 Å². The lowest BCUT2D eigenvalue weighted by atomic mass is 10.1. The van der Waals surface area contributed by atoms with Gasteiger partial charge in [-0.3, -0.25) is 9.00 Å². The van der Waals surface area contributed by atoms with E-state index in [0.717, 1.165) is 12.8 Å². The molecule has 0 radical (unpaired) electrons. The van der Waals surface area contributed by atoms with Crippen LogP contribution in [-0.2, 0) is 20.3 Å². The molecule has 94 valence electrons. The molecular formula is C10H20N2O3S. The van der Waals surface area contributed by atoms with Gasteiger partial charge in [-0.25, -0.2) is 0 Å². The Bertz CT molecular complexity index is 238. The second-order valence-corrected chi connectivity index (χ2v) is 5.56. The lowest BCUT2D eigenvalue weighted by Crippen LogP contribution is -2.43. The normalized spacial score (nSPS) is 25.3. The quantitative estimate of drug-likeness (QED) is 0.607. The van der Waals surface area contributed by atoms with Crippen molar-refractivity contribution >= 4 is 16.7 Å². The fourth-order valence-corrected chi connectivity index (χ4v) is 2.89. The number of amides is 1. The monoisotopic (exact) mass is 248 g/mol. The van der Waals surface area contributed by atoms with E-state index in [1.54, 1.807) is 7.11 Å². The van der Waals surface area contributed by atoms with Crippen LogP contribution in [0.4, 0.5) is 0 Å². The largest absolute Gasteiger partial charge is 0.383 e. The number of nitrogens with one attached hydrogen (secondary N) is 2. The molecule has 1 rings (SSSR count). The summed E-state index contributed by atoms with van der Waals surface area (Å²) in [6.07, 6.45) is 1.66. The fourth-order valence-electron chi connectivity index (χ4n) is 1.59. The van der Waals surface area contributed by atoms with Crippen molar-refractivity contribution in [1.29, 1.82) is 0 Å². The van der Waals surface area contributed by atoms with Crippen LogP contribution < -0.4 is 10.6 Å². The Kier molecular flexibility index (Phi) is 6.59. The minimum Gasteiger partial charge on any atom is -0.383 e. The number of methoxy groups -OCH3 is 1. The molecule has 0 aliphatic carbocycles. The highest BCUT2D eigenvalue weighted by Crippen LogP contribution is 2.08. The fraction of sp³-hybridized carbons (Fsp3) is 0.900. The summed E-state index contributed by atoms with van der Waals surface area (Å²) < 4.78 is 16.0. The van der Waals surface area contributed by atoms with Crippen molar-refractivity contribution < 1.29 is 13.7 Å². The Morgan fingerprint density at radius 1 is 1.44 bits per heavy atom. The molecule has 0 bridgehead atoms. The highest BCUT2D eigenvalue weighted by atomic mass is 32.2. The van der Waals surface area contributed by atoms with E-state index in [-0.39, 0.29) is 11.9 Å². The molecule has 1 aliphatic rings. The maximum absolute atomic E-state index is 11.5. The van der Waals surface area contributed by atoms with Crippen LogP contribution in [0.5, 0.6) is 0 Å². The summed E-state index contributed by atoms with van der Waals surface area (Å²) in [6, 6.07) is 0.203. The maximum Gasteiger partial charge on any atom is 0.234 e. The van der Waals surface area contributed by atoms with Gasteiger partial charge in [0.05, 0.1) is 13.2 Å². The van der Waals surface area contributed by atoms with E-state index in [4.69, 9.17) is 4.74 Å². The second kappa shape index (κ2) is 7.76. The van der Waals surface area contributed by atoms with Crippen LogP contribution in [0.15, 0.2) is 0 Å². The Hall–Kier alpha value is -0.460. The van der Waals surface area contributed by atoms with Crippen molar-refractivity contribution in [2.24, 2.45) is 0 Å². The third-order valence-corrected chi connectivity index (χ3v) is 3.90. The summed E-state index contributed by atoms with van der Waals surface area (Å²) >= 11 is 0. The molecule has 1 heterocycles. The molecule has 6 heteroatoms. The van der Waals surface area contributed by atoms with Crippen molar-refractivity contribution in [3.05, 3.63) is 0 Å². The molecule has 5 nitrogen and oxygen atoms in total. The average Bonchev–Trinajstić information content (AvgIpc) is 2.28. The minimum absolute atomic E-state index is 0.00813. The molecule has 0 aromatic rings. The Labute approximate surface area is 98.8 Å². The third kappa shape index (κ3) is 5.58. The van der Waals surface area contributed by atoms with Gasteiger partial charge >= 0.3 is 0 Å². The van der Waals surface area contributed by atoms with E-state index in [1.807, 2.05) is 0 Å². The molecule has 0 saturated carbocycles. The van der Waals surface area contributed by atoms with Crippen molar-refractivity contribution in [1.82, 2.24) is 10.6 Å². The van der Waals surface area contributed by atoms with Crippen LogP contribution in [0.25, 0.3) is 0 Å². The van der Waals surface area contributed by atoms with Crippen molar-refractivity contribution in [3.63, 3.8) is 0 Å². The summed E-state index contributed by atoms with van der Waals surface area (Å²) in [5, 5.41) is 5.93. The number of carbonyl (C=O) groups excluding carboxylic acids is 1. The molecule has 1 fully saturated rings. The van der Waals surface area contributed by atoms with Crippen LogP contribution in [0.1, 0.15) is 12.8 Å². The van der Waals surface area contributed by atoms with Crippen LogP contribution in [0.2, 0.25) is 0 Å². The van der Waals surface area contributed by atoms with Gasteiger partial charge in [-0.05, 0) is 12.8 Å². The molecule has 16 heavy (non-hydrogen) atoms. The van der Waals surface area contributed by atoms with Gasteiger partial charge in [0.1, 0.15) is 0 Å². The van der Waals surface area contributed by atoms with E-state index in [9.17, 15) is 9.00 Å². The first-order valence-electron chi connectivity index (χ1n) is 5.56. The van der Waals surface area contributed by atoms with E-state index >= 15 is 0 Å². The zero-order valence-corrected chi connectivity index (χ0v) is 10.5. The molecule has 1 amide bonds. The molecule has 0 unspecified atom stereocenters. The first kappa shape index (κ1) is 13.6. The van der Waals surface area contributed by atoms with Gasteiger partial charge in [0.15, 0.2) is 0 Å². The first-order chi connectivity index (χ1) is 7.72. The van der Waals surface area contributed by atoms with Gasteiger partial charge in [0, 0.05) is 42.0 Å². The predicted octanol–water partition coefficient (Wildman–Crippen LogP) is -0.750. The van der Waals surface area contributed by atoms with E-state index in [2.05, 4.69) is 10.6 Å². The van der Waals surface area contributed by atoms with E-state index in [1.165, 1.54) is 0 Å². The minimum atomic E-state index is -0.667. The van der Waals surface area contributed by atoms with Crippen LogP contribution in [0.3, 0.4) is 0 Å². The summed E-state index contributed by atoms with van der Waals surface area (Å²) in [5.74, 6) is 1.43. The predicted molar refractivity (Wildman–Crippen MR) is 63.8 cm³/mol. The van der Waals surface area contributed by atoms with Gasteiger partial charge in [0.2, 0.25) is 5.91 Å². The third-order valence-electron chi connectivity index (χ3n) is 2.52. The highest BCUT2D eigenvalue weighted by molar-refractivity contribution is 7.85. The van der Waals surface area contributed by atoms with Crippen molar-refractivity contribution in [2.75, 3.05) is 38.3 Å². The van der Waals surface area contributed by atoms with Gasteiger partial charge in [-0.15, -0.1) is 0 Å². The summed E-state index contributed by atoms with van der Waals surface area (Å²) in [4.78, 5) is 11.5. The maximum atomic E-state index is 11.5. The van der Waals surface area contributed by atoms with E-state index < -0.39 is 10.8 Å². The zero-order chi connectivity index (χ0) is 11.8. The van der Waals surface area contributed by atoms with Gasteiger partial charge < -0.3 is 15.4 Å². The molecule has 0 aromatic carbocycles. The lowest BCUT2D eigenvalue weighted by Gasteiger charge is -2.22. The smallest absolute Gasteiger partial charge is 0.234 e. The van der Waals surface area contributed by atoms with Crippen LogP contribution >= 0.6 is 0 Å². The first-order valence-corrected chi connectivity index (χ1v) is 7.05. The van der Waals surface area contributed by atoms with Crippen molar-refractivity contribution in [2.45, 2.75) is 18.9 Å². The zero-order valence-electron chi connectivity index (χ0n) is 9.66. The number of hydrogen-bond donors (Lipinski definition) is 2. The topological polar surface area (TPSA) is 67.4 Å². The van der Waals surface area contributed by atoms with Gasteiger partial charge in [-0.2, -0.15) is 0 Å². The average molecular weight is 248 g/mol. The second-order valence-electron chi connectivity index (χ2n) is 3.86. The summed E-state index contributed by atoms with van der Waals surface area (Å²) in [7, 11) is 0.962. The Balaban J connectivity index is 2.07. The Morgan fingerprint density at radius 3 is 2.75 bits per heavy atom. The lowest BCUT2D eigenvalue weighted by molar-refractivity contribution is -0.121. The summed E-state index contributed by atoms with van der Waals surface area (Å²) in [6.45, 7) is 1.61. The Morgan fingerprint density at radius 2 is 2.12 bits per heavy atom.